The van der Waals surface area contributed by atoms with Crippen LogP contribution in [0.2, 0.25) is 0 Å². The molecule has 6 heteroatoms. The Hall–Kier alpha value is -1.01. The van der Waals surface area contributed by atoms with Gasteiger partial charge in [0.05, 0.1) is 0 Å². The number of nitrogens with zero attached hydrogens (tertiary/aromatic N) is 1. The number of fused-ring (bicyclic) bond motifs is 1. The van der Waals surface area contributed by atoms with Crippen LogP contribution in [0.1, 0.15) is 13.8 Å². The highest BCUT2D eigenvalue weighted by Gasteiger charge is 2.51. The number of hydrogen-bond donors (Lipinski definition) is 2. The van der Waals surface area contributed by atoms with Crippen molar-refractivity contribution in [1.29, 1.82) is 0 Å². The van der Waals surface area contributed by atoms with Gasteiger partial charge in [0.2, 0.25) is 5.91 Å². The van der Waals surface area contributed by atoms with E-state index in [4.69, 9.17) is 5.73 Å². The van der Waals surface area contributed by atoms with Crippen LogP contribution < -0.4 is 5.73 Å². The highest BCUT2D eigenvalue weighted by molar-refractivity contribution is 8.00. The fourth-order valence-corrected chi connectivity index (χ4v) is 3.48. The average Bonchev–Trinajstić information content (AvgIpc) is 2.25. The largest absolute Gasteiger partial charge is 0.477 e. The number of carboxylic acids is 1. The number of carbonyl (C=O) groups is 2. The van der Waals surface area contributed by atoms with Crippen molar-refractivity contribution in [3.8, 4) is 0 Å². The van der Waals surface area contributed by atoms with Crippen molar-refractivity contribution >= 4 is 23.6 Å². The highest BCUT2D eigenvalue weighted by Crippen LogP contribution is 2.41. The summed E-state index contributed by atoms with van der Waals surface area (Å²) in [5.74, 6) is -0.548. The molecule has 0 aliphatic carbocycles. The lowest BCUT2D eigenvalue weighted by atomic mass is 9.97. The number of rotatable bonds is 2. The minimum atomic E-state index is -1.03. The third kappa shape index (κ3) is 1.44. The Morgan fingerprint density at radius 2 is 2.25 bits per heavy atom. The quantitative estimate of drug-likeness (QED) is 0.677. The summed E-state index contributed by atoms with van der Waals surface area (Å²) in [6, 6.07) is -0.548. The van der Waals surface area contributed by atoms with Crippen molar-refractivity contribution in [2.24, 2.45) is 11.7 Å². The summed E-state index contributed by atoms with van der Waals surface area (Å²) >= 11 is 1.54. The van der Waals surface area contributed by atoms with Crippen LogP contribution in [-0.4, -0.2) is 39.1 Å². The summed E-state index contributed by atoms with van der Waals surface area (Å²) in [4.78, 5) is 24.1. The van der Waals surface area contributed by atoms with E-state index in [0.717, 1.165) is 5.57 Å². The molecule has 2 aliphatic heterocycles. The molecule has 2 heterocycles. The van der Waals surface area contributed by atoms with Crippen LogP contribution in [0.3, 0.4) is 0 Å². The normalized spacial score (nSPS) is 29.2. The molecule has 0 radical (unpaired) electrons. The molecule has 1 fully saturated rings. The number of amides is 1. The second kappa shape index (κ2) is 3.78. The summed E-state index contributed by atoms with van der Waals surface area (Å²) in [7, 11) is 0. The van der Waals surface area contributed by atoms with Crippen molar-refractivity contribution in [2.75, 3.05) is 5.75 Å². The molecule has 0 saturated carbocycles. The van der Waals surface area contributed by atoms with Gasteiger partial charge in [0.15, 0.2) is 0 Å². The Labute approximate surface area is 97.7 Å². The number of carboxylic acid groups (broad SMARTS) is 1. The van der Waals surface area contributed by atoms with E-state index in [1.165, 1.54) is 4.90 Å². The Balaban J connectivity index is 2.42. The van der Waals surface area contributed by atoms with Gasteiger partial charge in [-0.05, 0) is 11.5 Å². The lowest BCUT2D eigenvalue weighted by Gasteiger charge is -2.48. The zero-order valence-corrected chi connectivity index (χ0v) is 9.95. The smallest absolute Gasteiger partial charge is 0.352 e. The Morgan fingerprint density at radius 3 is 2.75 bits per heavy atom. The predicted molar refractivity (Wildman–Crippen MR) is 60.6 cm³/mol. The average molecular weight is 242 g/mol. The minimum absolute atomic E-state index is 0.129. The van der Waals surface area contributed by atoms with Gasteiger partial charge in [0.1, 0.15) is 17.1 Å². The molecule has 5 nitrogen and oxygen atoms in total. The third-order valence-corrected chi connectivity index (χ3v) is 4.26. The maximum atomic E-state index is 11.6. The van der Waals surface area contributed by atoms with Crippen molar-refractivity contribution in [1.82, 2.24) is 4.90 Å². The minimum Gasteiger partial charge on any atom is -0.477 e. The molecule has 2 aliphatic rings. The number of aliphatic carboxylic acids is 1. The van der Waals surface area contributed by atoms with Crippen LogP contribution >= 0.6 is 11.8 Å². The number of β-lactam (4-membered cyclic amide) rings is 1. The van der Waals surface area contributed by atoms with Gasteiger partial charge >= 0.3 is 5.97 Å². The van der Waals surface area contributed by atoms with E-state index in [1.807, 2.05) is 13.8 Å². The fourth-order valence-electron chi connectivity index (χ4n) is 1.98. The van der Waals surface area contributed by atoms with Gasteiger partial charge in [0, 0.05) is 5.75 Å². The Morgan fingerprint density at radius 1 is 1.62 bits per heavy atom. The topological polar surface area (TPSA) is 83.6 Å². The molecule has 0 aromatic rings. The van der Waals surface area contributed by atoms with Crippen molar-refractivity contribution in [2.45, 2.75) is 25.3 Å². The highest BCUT2D eigenvalue weighted by atomic mass is 32.2. The molecule has 0 aromatic carbocycles. The Bertz CT molecular complexity index is 392. The van der Waals surface area contributed by atoms with Gasteiger partial charge < -0.3 is 10.8 Å². The number of hydrogen-bond acceptors (Lipinski definition) is 4. The van der Waals surface area contributed by atoms with Crippen molar-refractivity contribution in [3.05, 3.63) is 11.3 Å². The van der Waals surface area contributed by atoms with Crippen molar-refractivity contribution < 1.29 is 14.7 Å². The van der Waals surface area contributed by atoms with Crippen LogP contribution in [0.5, 0.6) is 0 Å². The van der Waals surface area contributed by atoms with Gasteiger partial charge in [-0.3, -0.25) is 9.69 Å². The molecule has 0 spiro atoms. The second-order valence-electron chi connectivity index (χ2n) is 4.27. The van der Waals surface area contributed by atoms with Gasteiger partial charge in [-0.1, -0.05) is 13.8 Å². The van der Waals surface area contributed by atoms with E-state index >= 15 is 0 Å². The van der Waals surface area contributed by atoms with Gasteiger partial charge in [0.25, 0.3) is 0 Å². The second-order valence-corrected chi connectivity index (χ2v) is 5.37. The number of thioether (sulfide) groups is 1. The molecule has 0 bridgehead atoms. The predicted octanol–water partition coefficient (Wildman–Crippen LogP) is 0.224. The molecule has 0 aromatic heterocycles. The monoisotopic (exact) mass is 242 g/mol. The standard InChI is InChI=1S/C10H14N2O3S/c1-4(2)5-3-16-9-6(11)8(13)12(9)7(5)10(14)15/h4,6,9H,3,11H2,1-2H3,(H,14,15)/t6-,9+/m1/s1. The summed E-state index contributed by atoms with van der Waals surface area (Å²) in [5.41, 5.74) is 6.59. The van der Waals surface area contributed by atoms with Crippen molar-refractivity contribution in [3.63, 3.8) is 0 Å². The first-order valence-corrected chi connectivity index (χ1v) is 6.16. The van der Waals surface area contributed by atoms with Crippen LogP contribution in [0.4, 0.5) is 0 Å². The van der Waals surface area contributed by atoms with Crippen LogP contribution in [-0.2, 0) is 9.59 Å². The fraction of sp³-hybridized carbons (Fsp3) is 0.600. The van der Waals surface area contributed by atoms with E-state index < -0.39 is 12.0 Å². The van der Waals surface area contributed by atoms with Crippen LogP contribution in [0.15, 0.2) is 11.3 Å². The summed E-state index contributed by atoms with van der Waals surface area (Å²) < 4.78 is 0. The molecule has 0 unspecified atom stereocenters. The van der Waals surface area contributed by atoms with E-state index in [2.05, 4.69) is 0 Å². The van der Waals surface area contributed by atoms with E-state index in [-0.39, 0.29) is 22.9 Å². The lowest BCUT2D eigenvalue weighted by molar-refractivity contribution is -0.148. The number of carbonyl (C=O) groups excluding carboxylic acids is 1. The zero-order chi connectivity index (χ0) is 12.0. The Kier molecular flexibility index (Phi) is 2.71. The molecule has 2 atom stereocenters. The molecule has 16 heavy (non-hydrogen) atoms. The molecule has 2 rings (SSSR count). The van der Waals surface area contributed by atoms with Gasteiger partial charge in [-0.25, -0.2) is 4.79 Å². The molecule has 3 N–H and O–H groups in total. The zero-order valence-electron chi connectivity index (χ0n) is 9.14. The van der Waals surface area contributed by atoms with Crippen LogP contribution in [0, 0.1) is 5.92 Å². The lowest BCUT2D eigenvalue weighted by Crippen LogP contribution is -2.68. The SMILES string of the molecule is CC(C)C1=C(C(=O)O)N2C(=O)[C@@H](N)[C@@H]2SC1. The number of nitrogens with two attached hydrogens (primary N) is 1. The first-order valence-electron chi connectivity index (χ1n) is 5.11. The maximum Gasteiger partial charge on any atom is 0.352 e. The third-order valence-electron chi connectivity index (χ3n) is 2.94. The van der Waals surface area contributed by atoms with Gasteiger partial charge in [-0.2, -0.15) is 0 Å². The first kappa shape index (κ1) is 11.5. The molecule has 1 saturated heterocycles. The summed E-state index contributed by atoms with van der Waals surface area (Å²) in [6.07, 6.45) is 0. The molecule has 88 valence electrons. The molecule has 1 amide bonds. The maximum absolute atomic E-state index is 11.6. The molecular formula is C10H14N2O3S. The van der Waals surface area contributed by atoms with E-state index in [0.29, 0.717) is 5.75 Å². The van der Waals surface area contributed by atoms with Gasteiger partial charge in [-0.15, -0.1) is 11.8 Å². The summed E-state index contributed by atoms with van der Waals surface area (Å²) in [5, 5.41) is 8.99. The van der Waals surface area contributed by atoms with Crippen LogP contribution in [0.25, 0.3) is 0 Å². The summed E-state index contributed by atoms with van der Waals surface area (Å²) in [6.45, 7) is 3.87. The molecular weight excluding hydrogens is 228 g/mol. The first-order chi connectivity index (χ1) is 7.45. The van der Waals surface area contributed by atoms with E-state index in [1.54, 1.807) is 11.8 Å². The van der Waals surface area contributed by atoms with E-state index in [9.17, 15) is 14.7 Å².